The SMILES string of the molecule is C[C@H](Nc1cncc(Cl)n1)c1cccc(NC(=O)OC(C)(C)C)c1. The van der Waals surface area contributed by atoms with Crippen molar-refractivity contribution < 1.29 is 9.53 Å². The molecule has 128 valence electrons. The summed E-state index contributed by atoms with van der Waals surface area (Å²) in [5.41, 5.74) is 1.10. The van der Waals surface area contributed by atoms with E-state index < -0.39 is 11.7 Å². The molecule has 0 bridgehead atoms. The fraction of sp³-hybridized carbons (Fsp3) is 0.353. The van der Waals surface area contributed by atoms with Gasteiger partial charge in [0.25, 0.3) is 0 Å². The molecule has 0 aliphatic carbocycles. The Balaban J connectivity index is 2.05. The van der Waals surface area contributed by atoms with Crippen LogP contribution in [0.4, 0.5) is 16.3 Å². The van der Waals surface area contributed by atoms with E-state index in [0.717, 1.165) is 5.56 Å². The van der Waals surface area contributed by atoms with Crippen molar-refractivity contribution in [2.45, 2.75) is 39.3 Å². The minimum absolute atomic E-state index is 0.0434. The van der Waals surface area contributed by atoms with E-state index >= 15 is 0 Å². The second-order valence-electron chi connectivity index (χ2n) is 6.35. The van der Waals surface area contributed by atoms with E-state index in [9.17, 15) is 4.79 Å². The predicted octanol–water partition coefficient (Wildman–Crippen LogP) is 4.65. The molecule has 0 aliphatic rings. The lowest BCUT2D eigenvalue weighted by atomic mass is 10.1. The van der Waals surface area contributed by atoms with Crippen molar-refractivity contribution in [3.63, 3.8) is 0 Å². The summed E-state index contributed by atoms with van der Waals surface area (Å²) in [7, 11) is 0. The van der Waals surface area contributed by atoms with E-state index in [1.807, 2.05) is 45.9 Å². The Labute approximate surface area is 146 Å². The molecule has 1 heterocycles. The number of hydrogen-bond acceptors (Lipinski definition) is 5. The quantitative estimate of drug-likeness (QED) is 0.841. The van der Waals surface area contributed by atoms with Crippen LogP contribution in [-0.4, -0.2) is 21.7 Å². The van der Waals surface area contributed by atoms with Gasteiger partial charge in [0.1, 0.15) is 16.6 Å². The van der Waals surface area contributed by atoms with E-state index in [0.29, 0.717) is 16.7 Å². The first-order valence-electron chi connectivity index (χ1n) is 7.57. The minimum Gasteiger partial charge on any atom is -0.444 e. The highest BCUT2D eigenvalue weighted by molar-refractivity contribution is 6.29. The number of carbonyl (C=O) groups is 1. The van der Waals surface area contributed by atoms with Gasteiger partial charge in [0, 0.05) is 5.69 Å². The summed E-state index contributed by atoms with van der Waals surface area (Å²) < 4.78 is 5.25. The van der Waals surface area contributed by atoms with Gasteiger partial charge in [-0.1, -0.05) is 23.7 Å². The van der Waals surface area contributed by atoms with Crippen molar-refractivity contribution in [1.82, 2.24) is 9.97 Å². The smallest absolute Gasteiger partial charge is 0.412 e. The van der Waals surface area contributed by atoms with Crippen LogP contribution in [0.25, 0.3) is 0 Å². The van der Waals surface area contributed by atoms with Gasteiger partial charge in [-0.15, -0.1) is 0 Å². The summed E-state index contributed by atoms with van der Waals surface area (Å²) >= 11 is 5.83. The van der Waals surface area contributed by atoms with Gasteiger partial charge >= 0.3 is 6.09 Å². The molecule has 7 heteroatoms. The molecular weight excluding hydrogens is 328 g/mol. The van der Waals surface area contributed by atoms with Crippen molar-refractivity contribution in [3.8, 4) is 0 Å². The average Bonchev–Trinajstić information content (AvgIpc) is 2.45. The topological polar surface area (TPSA) is 76.1 Å². The lowest BCUT2D eigenvalue weighted by Gasteiger charge is -2.20. The van der Waals surface area contributed by atoms with Gasteiger partial charge in [0.15, 0.2) is 0 Å². The number of benzene rings is 1. The van der Waals surface area contributed by atoms with Crippen molar-refractivity contribution in [2.75, 3.05) is 10.6 Å². The molecule has 24 heavy (non-hydrogen) atoms. The van der Waals surface area contributed by atoms with E-state index in [1.165, 1.54) is 6.20 Å². The molecule has 0 saturated carbocycles. The molecule has 0 spiro atoms. The highest BCUT2D eigenvalue weighted by atomic mass is 35.5. The number of aromatic nitrogens is 2. The first-order chi connectivity index (χ1) is 11.2. The second kappa shape index (κ2) is 7.49. The number of carbonyl (C=O) groups excluding carboxylic acids is 1. The Bertz CT molecular complexity index is 716. The number of amides is 1. The molecule has 0 saturated heterocycles. The molecule has 2 aromatic rings. The molecule has 1 amide bonds. The third kappa shape index (κ3) is 5.70. The van der Waals surface area contributed by atoms with Crippen LogP contribution in [-0.2, 0) is 4.74 Å². The molecule has 0 fully saturated rings. The van der Waals surface area contributed by atoms with Gasteiger partial charge in [0.05, 0.1) is 18.4 Å². The Morgan fingerprint density at radius 3 is 2.71 bits per heavy atom. The Hall–Kier alpha value is -2.34. The lowest BCUT2D eigenvalue weighted by molar-refractivity contribution is 0.0636. The van der Waals surface area contributed by atoms with Crippen molar-refractivity contribution in [3.05, 3.63) is 47.4 Å². The summed E-state index contributed by atoms with van der Waals surface area (Å²) in [5.74, 6) is 0.584. The number of ether oxygens (including phenoxy) is 1. The van der Waals surface area contributed by atoms with Crippen LogP contribution in [0.5, 0.6) is 0 Å². The Morgan fingerprint density at radius 2 is 2.04 bits per heavy atom. The summed E-state index contributed by atoms with van der Waals surface area (Å²) in [6.45, 7) is 7.44. The minimum atomic E-state index is -0.540. The maximum absolute atomic E-state index is 11.9. The Kier molecular flexibility index (Phi) is 5.62. The van der Waals surface area contributed by atoms with Crippen LogP contribution >= 0.6 is 11.6 Å². The summed E-state index contributed by atoms with van der Waals surface area (Å²) in [4.78, 5) is 20.0. The summed E-state index contributed by atoms with van der Waals surface area (Å²) in [6, 6.07) is 7.46. The standard InChI is InChI=1S/C17H21ClN4O2/c1-11(20-15-10-19-9-14(18)22-15)12-6-5-7-13(8-12)21-16(23)24-17(2,3)4/h5-11H,1-4H3,(H,20,22)(H,21,23)/t11-/m0/s1. The maximum atomic E-state index is 11.9. The normalized spacial score (nSPS) is 12.4. The third-order valence-corrected chi connectivity index (χ3v) is 3.18. The van der Waals surface area contributed by atoms with Crippen LogP contribution in [0.1, 0.15) is 39.3 Å². The molecule has 0 aliphatic heterocycles. The van der Waals surface area contributed by atoms with E-state index in [4.69, 9.17) is 16.3 Å². The number of nitrogens with zero attached hydrogens (tertiary/aromatic N) is 2. The molecule has 1 atom stereocenters. The summed E-state index contributed by atoms with van der Waals surface area (Å²) in [5, 5.41) is 6.27. The average molecular weight is 349 g/mol. The van der Waals surface area contributed by atoms with E-state index in [1.54, 1.807) is 12.3 Å². The van der Waals surface area contributed by atoms with Crippen molar-refractivity contribution >= 4 is 29.2 Å². The molecule has 2 N–H and O–H groups in total. The molecule has 0 radical (unpaired) electrons. The fourth-order valence-corrected chi connectivity index (χ4v) is 2.17. The molecular formula is C17H21ClN4O2. The zero-order valence-electron chi connectivity index (χ0n) is 14.1. The third-order valence-electron chi connectivity index (χ3n) is 3.00. The van der Waals surface area contributed by atoms with Crippen LogP contribution in [0, 0.1) is 0 Å². The number of anilines is 2. The van der Waals surface area contributed by atoms with Gasteiger partial charge in [-0.25, -0.2) is 9.78 Å². The monoisotopic (exact) mass is 348 g/mol. The van der Waals surface area contributed by atoms with Crippen LogP contribution in [0.3, 0.4) is 0 Å². The number of nitrogens with one attached hydrogen (secondary N) is 2. The van der Waals surface area contributed by atoms with Crippen molar-refractivity contribution in [2.24, 2.45) is 0 Å². The fourth-order valence-electron chi connectivity index (χ4n) is 2.02. The zero-order chi connectivity index (χ0) is 17.7. The zero-order valence-corrected chi connectivity index (χ0v) is 14.9. The van der Waals surface area contributed by atoms with Gasteiger partial charge in [-0.2, -0.15) is 0 Å². The van der Waals surface area contributed by atoms with Gasteiger partial charge in [0.2, 0.25) is 0 Å². The molecule has 1 aromatic carbocycles. The number of halogens is 1. The van der Waals surface area contributed by atoms with Crippen molar-refractivity contribution in [1.29, 1.82) is 0 Å². The highest BCUT2D eigenvalue weighted by Crippen LogP contribution is 2.21. The largest absolute Gasteiger partial charge is 0.444 e. The Morgan fingerprint density at radius 1 is 1.29 bits per heavy atom. The van der Waals surface area contributed by atoms with E-state index in [-0.39, 0.29) is 6.04 Å². The number of rotatable bonds is 4. The molecule has 2 rings (SSSR count). The maximum Gasteiger partial charge on any atom is 0.412 e. The van der Waals surface area contributed by atoms with Gasteiger partial charge < -0.3 is 10.1 Å². The number of hydrogen-bond donors (Lipinski definition) is 2. The van der Waals surface area contributed by atoms with Crippen LogP contribution < -0.4 is 10.6 Å². The van der Waals surface area contributed by atoms with Crippen LogP contribution in [0.15, 0.2) is 36.7 Å². The van der Waals surface area contributed by atoms with Gasteiger partial charge in [-0.3, -0.25) is 10.3 Å². The molecule has 1 aromatic heterocycles. The van der Waals surface area contributed by atoms with Gasteiger partial charge in [-0.05, 0) is 45.4 Å². The first-order valence-corrected chi connectivity index (χ1v) is 7.95. The summed E-state index contributed by atoms with van der Waals surface area (Å²) in [6.07, 6.45) is 2.59. The second-order valence-corrected chi connectivity index (χ2v) is 6.73. The first kappa shape index (κ1) is 18.0. The lowest BCUT2D eigenvalue weighted by Crippen LogP contribution is -2.27. The van der Waals surface area contributed by atoms with Crippen LogP contribution in [0.2, 0.25) is 5.15 Å². The molecule has 0 unspecified atom stereocenters. The predicted molar refractivity (Wildman–Crippen MR) is 95.4 cm³/mol. The molecule has 6 nitrogen and oxygen atoms in total. The van der Waals surface area contributed by atoms with E-state index in [2.05, 4.69) is 20.6 Å². The highest BCUT2D eigenvalue weighted by Gasteiger charge is 2.16.